The van der Waals surface area contributed by atoms with Gasteiger partial charge in [-0.2, -0.15) is 0 Å². The summed E-state index contributed by atoms with van der Waals surface area (Å²) in [4.78, 5) is 72.5. The number of phosphoric acid groups is 2. The Hall–Kier alpha value is -2.46. The summed E-state index contributed by atoms with van der Waals surface area (Å²) < 4.78 is 68.3. The molecule has 91 heavy (non-hydrogen) atoms. The van der Waals surface area contributed by atoms with Gasteiger partial charge >= 0.3 is 39.5 Å². The predicted molar refractivity (Wildman–Crippen MR) is 368 cm³/mol. The molecule has 2 unspecified atom stereocenters. The minimum absolute atomic E-state index is 0.100. The number of rotatable bonds is 70. The van der Waals surface area contributed by atoms with Crippen LogP contribution >= 0.6 is 15.6 Å². The zero-order chi connectivity index (χ0) is 67.0. The lowest BCUT2D eigenvalue weighted by Gasteiger charge is -2.21. The Kier molecular flexibility index (Phi) is 63.1. The number of carbonyl (C=O) groups is 4. The molecule has 0 spiro atoms. The van der Waals surface area contributed by atoms with Crippen molar-refractivity contribution in [1.82, 2.24) is 0 Å². The van der Waals surface area contributed by atoms with Gasteiger partial charge < -0.3 is 33.8 Å². The molecule has 0 radical (unpaired) electrons. The first-order valence-corrected chi connectivity index (χ1v) is 39.9. The molecule has 0 saturated carbocycles. The molecule has 17 nitrogen and oxygen atoms in total. The molecule has 536 valence electrons. The van der Waals surface area contributed by atoms with Gasteiger partial charge in [-0.05, 0) is 57.3 Å². The quantitative estimate of drug-likeness (QED) is 0.0169. The summed E-state index contributed by atoms with van der Waals surface area (Å²) in [5.74, 6) is -1.37. The lowest BCUT2D eigenvalue weighted by atomic mass is 10.0. The van der Waals surface area contributed by atoms with Crippen molar-refractivity contribution in [2.75, 3.05) is 39.6 Å². The van der Waals surface area contributed by atoms with Gasteiger partial charge in [0, 0.05) is 25.7 Å². The lowest BCUT2D eigenvalue weighted by molar-refractivity contribution is -0.161. The molecule has 19 heteroatoms. The third-order valence-corrected chi connectivity index (χ3v) is 18.1. The van der Waals surface area contributed by atoms with Crippen LogP contribution in [0, 0.1) is 5.92 Å². The number of hydrogen-bond acceptors (Lipinski definition) is 15. The van der Waals surface area contributed by atoms with E-state index in [2.05, 4.69) is 58.9 Å². The van der Waals surface area contributed by atoms with Crippen LogP contribution in [0.1, 0.15) is 349 Å². The van der Waals surface area contributed by atoms with Gasteiger partial charge in [-0.25, -0.2) is 9.13 Å². The van der Waals surface area contributed by atoms with Crippen molar-refractivity contribution in [1.29, 1.82) is 0 Å². The average Bonchev–Trinajstić information content (AvgIpc) is 3.73. The van der Waals surface area contributed by atoms with Crippen LogP contribution in [0.3, 0.4) is 0 Å². The predicted octanol–water partition coefficient (Wildman–Crippen LogP) is 20.5. The molecule has 0 saturated heterocycles. The van der Waals surface area contributed by atoms with Crippen molar-refractivity contribution >= 4 is 39.5 Å². The van der Waals surface area contributed by atoms with Gasteiger partial charge in [0.25, 0.3) is 0 Å². The van der Waals surface area contributed by atoms with E-state index in [1.165, 1.54) is 148 Å². The van der Waals surface area contributed by atoms with Crippen LogP contribution in [-0.4, -0.2) is 96.7 Å². The first-order chi connectivity index (χ1) is 44.0. The summed E-state index contributed by atoms with van der Waals surface area (Å²) in [7, 11) is -9.91. The van der Waals surface area contributed by atoms with Gasteiger partial charge in [0.05, 0.1) is 26.4 Å². The van der Waals surface area contributed by atoms with Crippen molar-refractivity contribution in [3.63, 3.8) is 0 Å². The molecule has 5 atom stereocenters. The van der Waals surface area contributed by atoms with E-state index in [1.54, 1.807) is 0 Å². The number of aliphatic hydroxyl groups excluding tert-OH is 1. The second-order valence-electron chi connectivity index (χ2n) is 25.8. The molecule has 0 aromatic carbocycles. The maximum absolute atomic E-state index is 13.0. The van der Waals surface area contributed by atoms with E-state index >= 15 is 0 Å². The first-order valence-electron chi connectivity index (χ1n) is 37.0. The van der Waals surface area contributed by atoms with E-state index in [1.807, 2.05) is 0 Å². The van der Waals surface area contributed by atoms with Crippen LogP contribution in [0.25, 0.3) is 0 Å². The Balaban J connectivity index is 5.26. The molecule has 0 fully saturated rings. The van der Waals surface area contributed by atoms with E-state index in [0.29, 0.717) is 25.7 Å². The van der Waals surface area contributed by atoms with Crippen LogP contribution in [0.15, 0.2) is 24.3 Å². The summed E-state index contributed by atoms with van der Waals surface area (Å²) in [6.45, 7) is 7.18. The second kappa shape index (κ2) is 64.9. The topological polar surface area (TPSA) is 237 Å². The highest BCUT2D eigenvalue weighted by atomic mass is 31.2. The maximum Gasteiger partial charge on any atom is 0.472 e. The molecular weight excluding hydrogens is 1200 g/mol. The van der Waals surface area contributed by atoms with E-state index in [-0.39, 0.29) is 25.7 Å². The minimum Gasteiger partial charge on any atom is -0.462 e. The zero-order valence-electron chi connectivity index (χ0n) is 58.5. The normalized spacial score (nSPS) is 14.2. The Morgan fingerprint density at radius 3 is 0.901 bits per heavy atom. The van der Waals surface area contributed by atoms with Crippen LogP contribution in [0.2, 0.25) is 0 Å². The highest BCUT2D eigenvalue weighted by Crippen LogP contribution is 2.45. The van der Waals surface area contributed by atoms with Crippen molar-refractivity contribution < 1.29 is 80.2 Å². The van der Waals surface area contributed by atoms with Gasteiger partial charge in [0.15, 0.2) is 12.2 Å². The number of aliphatic hydroxyl groups is 1. The molecule has 0 aliphatic carbocycles. The lowest BCUT2D eigenvalue weighted by Crippen LogP contribution is -2.30. The number of ether oxygens (including phenoxy) is 4. The third-order valence-electron chi connectivity index (χ3n) is 16.2. The van der Waals surface area contributed by atoms with Gasteiger partial charge in [0.2, 0.25) is 0 Å². The van der Waals surface area contributed by atoms with Crippen LogP contribution in [0.4, 0.5) is 0 Å². The fourth-order valence-corrected chi connectivity index (χ4v) is 12.0. The first kappa shape index (κ1) is 88.5. The number of unbranched alkanes of at least 4 members (excludes halogenated alkanes) is 39. The van der Waals surface area contributed by atoms with Gasteiger partial charge in [-0.1, -0.05) is 296 Å². The van der Waals surface area contributed by atoms with Crippen molar-refractivity contribution in [3.8, 4) is 0 Å². The molecule has 0 aromatic rings. The molecule has 0 amide bonds. The number of allylic oxidation sites excluding steroid dienone is 4. The highest BCUT2D eigenvalue weighted by molar-refractivity contribution is 7.47. The number of esters is 4. The Morgan fingerprint density at radius 2 is 0.593 bits per heavy atom. The SMILES string of the molecule is CCCCCC/C=C\C=C/CCCCCCCC(=O)OC[C@H](COP(=O)(O)OC[C@@H](O)COP(=O)(O)OC[C@@H](COC(=O)CCCCCCCCCC)OC(=O)CCCCCCCCCCCCCC)OC(=O)CCCCCCCCCCCCCCCC(C)C. The van der Waals surface area contributed by atoms with Crippen molar-refractivity contribution in [2.45, 2.75) is 368 Å². The summed E-state index contributed by atoms with van der Waals surface area (Å²) in [5.41, 5.74) is 0. The summed E-state index contributed by atoms with van der Waals surface area (Å²) in [6, 6.07) is 0. The monoisotopic (exact) mass is 1330 g/mol. The van der Waals surface area contributed by atoms with Crippen molar-refractivity contribution in [2.24, 2.45) is 5.92 Å². The van der Waals surface area contributed by atoms with E-state index in [4.69, 9.17) is 37.0 Å². The maximum atomic E-state index is 13.0. The summed E-state index contributed by atoms with van der Waals surface area (Å²) in [6.07, 6.45) is 54.9. The molecule has 0 aliphatic rings. The van der Waals surface area contributed by atoms with E-state index < -0.39 is 97.5 Å². The standard InChI is InChI=1S/C72H136O17P2/c1-6-9-12-15-18-21-23-25-26-29-33-36-41-46-51-56-70(75)83-62-68(89-72(77)58-53-48-43-38-34-30-27-28-31-35-39-44-49-54-65(4)5)64-87-91(80,81)85-60-66(73)59-84-90(78,79)86-63-67(61-82-69(74)55-50-45-40-20-17-14-11-8-3)88-71(76)57-52-47-42-37-32-24-22-19-16-13-10-7-2/h21,23,25-26,65-68,73H,6-20,22,24,27-64H2,1-5H3,(H,78,79)(H,80,81)/b23-21-,26-25-/t66-,67+,68+/m0/s1. The molecular formula is C72H136O17P2. The molecule has 0 heterocycles. The van der Waals surface area contributed by atoms with Crippen LogP contribution in [-0.2, 0) is 65.4 Å². The Bertz CT molecular complexity index is 1850. The zero-order valence-corrected chi connectivity index (χ0v) is 60.3. The molecule has 0 aliphatic heterocycles. The van der Waals surface area contributed by atoms with Crippen molar-refractivity contribution in [3.05, 3.63) is 24.3 Å². The smallest absolute Gasteiger partial charge is 0.462 e. The fraction of sp³-hybridized carbons (Fsp3) is 0.889. The Morgan fingerprint density at radius 1 is 0.341 bits per heavy atom. The van der Waals surface area contributed by atoms with Gasteiger partial charge in [-0.3, -0.25) is 37.3 Å². The second-order valence-corrected chi connectivity index (χ2v) is 28.7. The highest BCUT2D eigenvalue weighted by Gasteiger charge is 2.30. The van der Waals surface area contributed by atoms with Crippen LogP contribution < -0.4 is 0 Å². The number of hydrogen-bond donors (Lipinski definition) is 3. The molecule has 3 N–H and O–H groups in total. The van der Waals surface area contributed by atoms with E-state index in [9.17, 15) is 43.2 Å². The van der Waals surface area contributed by atoms with Crippen LogP contribution in [0.5, 0.6) is 0 Å². The summed E-state index contributed by atoms with van der Waals surface area (Å²) in [5, 5.41) is 10.6. The molecule has 0 aromatic heterocycles. The summed E-state index contributed by atoms with van der Waals surface area (Å²) >= 11 is 0. The minimum atomic E-state index is -4.96. The number of phosphoric ester groups is 2. The third kappa shape index (κ3) is 66.0. The average molecular weight is 1340 g/mol. The number of carbonyl (C=O) groups excluding carboxylic acids is 4. The fourth-order valence-electron chi connectivity index (χ4n) is 10.5. The molecule has 0 bridgehead atoms. The molecule has 0 rings (SSSR count). The van der Waals surface area contributed by atoms with Gasteiger partial charge in [0.1, 0.15) is 19.3 Å². The largest absolute Gasteiger partial charge is 0.472 e. The Labute approximate surface area is 554 Å². The van der Waals surface area contributed by atoms with E-state index in [0.717, 1.165) is 121 Å². The van der Waals surface area contributed by atoms with Gasteiger partial charge in [-0.15, -0.1) is 0 Å².